The largest absolute Gasteiger partial charge is 0.456 e. The molecule has 3 nitrogen and oxygen atoms in total. The maximum Gasteiger partial charge on any atom is 0.136 e. The number of fused-ring (bicyclic) bond motifs is 7. The third-order valence-electron chi connectivity index (χ3n) is 12.2. The SMILES string of the molecule is c1cc(-c2ccc(N(c3ccc(-c4cccc5ccccc45)cc3)c3cccc(-n4c5ccccc5c5ccccc54)c3)cc2)cc(-c2cccc3oc4ccccc4c23)c1. The maximum absolute atomic E-state index is 6.24. The molecule has 2 heterocycles. The van der Waals surface area contributed by atoms with Gasteiger partial charge in [-0.2, -0.15) is 0 Å². The fourth-order valence-electron chi connectivity index (χ4n) is 9.37. The molecule has 10 aromatic carbocycles. The zero-order valence-electron chi connectivity index (χ0n) is 33.2. The fourth-order valence-corrected chi connectivity index (χ4v) is 9.37. The lowest BCUT2D eigenvalue weighted by Crippen LogP contribution is -2.10. The standard InChI is InChI=1S/C58H38N2O/c1-2-19-48-40(13-1)14-10-23-49(48)41-31-35-45(36-32-41)59(46-17-11-18-47(38-46)60-54-25-6-3-20-51(54)52-21-4-7-26-55(52)60)44-33-29-39(30-34-44)42-15-9-16-43(37-42)50-24-12-28-57-58(50)53-22-5-8-27-56(53)61-57/h1-38H. The van der Waals surface area contributed by atoms with Gasteiger partial charge in [-0.05, 0) is 117 Å². The fraction of sp³-hybridized carbons (Fsp3) is 0. The molecule has 0 amide bonds. The summed E-state index contributed by atoms with van der Waals surface area (Å²) < 4.78 is 8.63. The lowest BCUT2D eigenvalue weighted by Gasteiger charge is -2.27. The van der Waals surface area contributed by atoms with Gasteiger partial charge in [0.05, 0.1) is 11.0 Å². The first-order chi connectivity index (χ1) is 30.2. The van der Waals surface area contributed by atoms with Crippen molar-refractivity contribution in [2.24, 2.45) is 0 Å². The third kappa shape index (κ3) is 5.90. The van der Waals surface area contributed by atoms with Gasteiger partial charge in [-0.1, -0.05) is 158 Å². The minimum atomic E-state index is 0.904. The topological polar surface area (TPSA) is 21.3 Å². The molecule has 61 heavy (non-hydrogen) atoms. The molecule has 2 aromatic heterocycles. The average molecular weight is 779 g/mol. The van der Waals surface area contributed by atoms with Crippen LogP contribution < -0.4 is 4.90 Å². The van der Waals surface area contributed by atoms with E-state index in [9.17, 15) is 0 Å². The molecule has 0 saturated carbocycles. The van der Waals surface area contributed by atoms with Crippen molar-refractivity contribution in [2.45, 2.75) is 0 Å². The highest BCUT2D eigenvalue weighted by Crippen LogP contribution is 2.41. The van der Waals surface area contributed by atoms with E-state index in [2.05, 4.69) is 228 Å². The first kappa shape index (κ1) is 34.9. The molecule has 0 radical (unpaired) electrons. The average Bonchev–Trinajstić information content (AvgIpc) is 3.88. The monoisotopic (exact) mass is 778 g/mol. The van der Waals surface area contributed by atoms with Gasteiger partial charge in [0.25, 0.3) is 0 Å². The number of rotatable bonds is 7. The van der Waals surface area contributed by atoms with Gasteiger partial charge in [-0.15, -0.1) is 0 Å². The van der Waals surface area contributed by atoms with Gasteiger partial charge in [-0.3, -0.25) is 0 Å². The molecule has 0 fully saturated rings. The molecule has 12 aromatic rings. The number of anilines is 3. The van der Waals surface area contributed by atoms with Crippen LogP contribution in [0.4, 0.5) is 17.1 Å². The number of hydrogen-bond donors (Lipinski definition) is 0. The summed E-state index contributed by atoms with van der Waals surface area (Å²) in [6.07, 6.45) is 0. The van der Waals surface area contributed by atoms with Crippen LogP contribution in [0, 0.1) is 0 Å². The smallest absolute Gasteiger partial charge is 0.136 e. The van der Waals surface area contributed by atoms with E-state index in [1.807, 2.05) is 12.1 Å². The Morgan fingerprint density at radius 1 is 0.328 bits per heavy atom. The summed E-state index contributed by atoms with van der Waals surface area (Å²) in [6, 6.07) is 83.0. The number of aromatic nitrogens is 1. The molecule has 0 aliphatic carbocycles. The molecule has 0 saturated heterocycles. The van der Waals surface area contributed by atoms with Gasteiger partial charge >= 0.3 is 0 Å². The summed E-state index contributed by atoms with van der Waals surface area (Å²) in [7, 11) is 0. The number of para-hydroxylation sites is 3. The first-order valence-corrected chi connectivity index (χ1v) is 20.8. The molecule has 0 aliphatic heterocycles. The van der Waals surface area contributed by atoms with E-state index < -0.39 is 0 Å². The van der Waals surface area contributed by atoms with Crippen molar-refractivity contribution in [3.63, 3.8) is 0 Å². The molecule has 12 rings (SSSR count). The molecule has 0 spiro atoms. The number of nitrogens with zero attached hydrogens (tertiary/aromatic N) is 2. The highest BCUT2D eigenvalue weighted by Gasteiger charge is 2.18. The molecular formula is C58H38N2O. The summed E-state index contributed by atoms with van der Waals surface area (Å²) in [5, 5.41) is 7.28. The van der Waals surface area contributed by atoms with Crippen molar-refractivity contribution < 1.29 is 4.42 Å². The van der Waals surface area contributed by atoms with Crippen LogP contribution in [0.5, 0.6) is 0 Å². The maximum atomic E-state index is 6.24. The van der Waals surface area contributed by atoms with Crippen LogP contribution in [-0.2, 0) is 0 Å². The molecule has 286 valence electrons. The van der Waals surface area contributed by atoms with Crippen LogP contribution in [-0.4, -0.2) is 4.57 Å². The van der Waals surface area contributed by atoms with Crippen LogP contribution in [0.25, 0.3) is 93.6 Å². The van der Waals surface area contributed by atoms with Crippen molar-refractivity contribution >= 4 is 71.6 Å². The van der Waals surface area contributed by atoms with Crippen molar-refractivity contribution in [2.75, 3.05) is 4.90 Å². The molecule has 0 N–H and O–H groups in total. The summed E-state index contributed by atoms with van der Waals surface area (Å²) in [4.78, 5) is 2.37. The Morgan fingerprint density at radius 3 is 1.66 bits per heavy atom. The van der Waals surface area contributed by atoms with Gasteiger partial charge in [0.2, 0.25) is 0 Å². The lowest BCUT2D eigenvalue weighted by atomic mass is 9.96. The highest BCUT2D eigenvalue weighted by atomic mass is 16.3. The Hall–Kier alpha value is -8.14. The minimum Gasteiger partial charge on any atom is -0.456 e. The van der Waals surface area contributed by atoms with Crippen LogP contribution in [0.3, 0.4) is 0 Å². The van der Waals surface area contributed by atoms with Gasteiger partial charge in [0, 0.05) is 44.3 Å². The van der Waals surface area contributed by atoms with Crippen LogP contribution in [0.15, 0.2) is 235 Å². The number of benzene rings is 10. The minimum absolute atomic E-state index is 0.904. The molecule has 0 bridgehead atoms. The number of furan rings is 1. The van der Waals surface area contributed by atoms with E-state index >= 15 is 0 Å². The van der Waals surface area contributed by atoms with Crippen molar-refractivity contribution in [1.29, 1.82) is 0 Å². The third-order valence-corrected chi connectivity index (χ3v) is 12.2. The van der Waals surface area contributed by atoms with E-state index in [-0.39, 0.29) is 0 Å². The van der Waals surface area contributed by atoms with Gasteiger partial charge in [0.1, 0.15) is 11.2 Å². The predicted octanol–water partition coefficient (Wildman–Crippen LogP) is 16.3. The van der Waals surface area contributed by atoms with Crippen LogP contribution in [0.1, 0.15) is 0 Å². The lowest BCUT2D eigenvalue weighted by molar-refractivity contribution is 0.669. The molecule has 0 atom stereocenters. The molecule has 3 heteroatoms. The van der Waals surface area contributed by atoms with Gasteiger partial charge in [0.15, 0.2) is 0 Å². The summed E-state index contributed by atoms with van der Waals surface area (Å²) in [5.41, 5.74) is 15.6. The Balaban J connectivity index is 0.966. The Labute approximate surface area is 353 Å². The summed E-state index contributed by atoms with van der Waals surface area (Å²) in [6.45, 7) is 0. The Bertz CT molecular complexity index is 3530. The summed E-state index contributed by atoms with van der Waals surface area (Å²) >= 11 is 0. The van der Waals surface area contributed by atoms with Crippen molar-refractivity contribution in [3.05, 3.63) is 231 Å². The van der Waals surface area contributed by atoms with Gasteiger partial charge in [-0.25, -0.2) is 0 Å². The van der Waals surface area contributed by atoms with E-state index in [1.54, 1.807) is 0 Å². The molecular weight excluding hydrogens is 741 g/mol. The zero-order chi connectivity index (χ0) is 40.3. The van der Waals surface area contributed by atoms with Crippen LogP contribution >= 0.6 is 0 Å². The van der Waals surface area contributed by atoms with E-state index in [0.717, 1.165) is 61.4 Å². The normalized spacial score (nSPS) is 11.6. The first-order valence-electron chi connectivity index (χ1n) is 20.8. The Kier molecular flexibility index (Phi) is 8.17. The summed E-state index contributed by atoms with van der Waals surface area (Å²) in [5.74, 6) is 0. The Morgan fingerprint density at radius 2 is 0.885 bits per heavy atom. The van der Waals surface area contributed by atoms with Crippen LogP contribution in [0.2, 0.25) is 0 Å². The highest BCUT2D eigenvalue weighted by molar-refractivity contribution is 6.13. The number of hydrogen-bond acceptors (Lipinski definition) is 2. The quantitative estimate of drug-likeness (QED) is 0.161. The second kappa shape index (κ2) is 14.3. The van der Waals surface area contributed by atoms with Gasteiger partial charge < -0.3 is 13.9 Å². The zero-order valence-corrected chi connectivity index (χ0v) is 33.2. The molecule has 0 aliphatic rings. The second-order valence-corrected chi connectivity index (χ2v) is 15.7. The van der Waals surface area contributed by atoms with Crippen molar-refractivity contribution in [3.8, 4) is 39.1 Å². The van der Waals surface area contributed by atoms with Crippen molar-refractivity contribution in [1.82, 2.24) is 4.57 Å². The van der Waals surface area contributed by atoms with E-state index in [4.69, 9.17) is 4.42 Å². The van der Waals surface area contributed by atoms with E-state index in [1.165, 1.54) is 49.3 Å². The molecule has 0 unspecified atom stereocenters. The van der Waals surface area contributed by atoms with E-state index in [0.29, 0.717) is 0 Å². The predicted molar refractivity (Wildman–Crippen MR) is 257 cm³/mol. The second-order valence-electron chi connectivity index (χ2n) is 15.7.